The minimum atomic E-state index is -0.312. The minimum absolute atomic E-state index is 0.00761. The van der Waals surface area contributed by atoms with Gasteiger partial charge in [0.15, 0.2) is 5.78 Å². The van der Waals surface area contributed by atoms with Gasteiger partial charge in [0, 0.05) is 22.7 Å². The van der Waals surface area contributed by atoms with Gasteiger partial charge >= 0.3 is 0 Å². The number of ketones is 1. The van der Waals surface area contributed by atoms with E-state index in [2.05, 4.69) is 20.4 Å². The van der Waals surface area contributed by atoms with Gasteiger partial charge < -0.3 is 9.73 Å². The van der Waals surface area contributed by atoms with E-state index in [1.165, 1.54) is 19.1 Å². The SMILES string of the molecule is CC(=O)c1ccc(NC(=O)CN2CCC(c3nnc(-c4ccc(F)cc4)o3)CC2)cc1. The summed E-state index contributed by atoms with van der Waals surface area (Å²) >= 11 is 0. The Labute approximate surface area is 179 Å². The molecule has 2 heterocycles. The summed E-state index contributed by atoms with van der Waals surface area (Å²) in [7, 11) is 0. The Morgan fingerprint density at radius 2 is 1.74 bits per heavy atom. The normalized spacial score (nSPS) is 15.0. The summed E-state index contributed by atoms with van der Waals surface area (Å²) in [6.07, 6.45) is 1.62. The molecule has 0 bridgehead atoms. The summed E-state index contributed by atoms with van der Waals surface area (Å²) in [5.41, 5.74) is 1.97. The van der Waals surface area contributed by atoms with Crippen molar-refractivity contribution in [1.29, 1.82) is 0 Å². The van der Waals surface area contributed by atoms with Crippen LogP contribution in [-0.4, -0.2) is 46.4 Å². The van der Waals surface area contributed by atoms with E-state index >= 15 is 0 Å². The lowest BCUT2D eigenvalue weighted by Crippen LogP contribution is -2.38. The van der Waals surface area contributed by atoms with E-state index in [0.717, 1.165) is 25.9 Å². The third-order valence-corrected chi connectivity index (χ3v) is 5.41. The number of carbonyl (C=O) groups excluding carboxylic acids is 2. The van der Waals surface area contributed by atoms with Gasteiger partial charge in [-0.05, 0) is 81.4 Å². The third kappa shape index (κ3) is 5.21. The molecule has 4 rings (SSSR count). The first-order valence-corrected chi connectivity index (χ1v) is 10.2. The quantitative estimate of drug-likeness (QED) is 0.606. The number of likely N-dealkylation sites (tertiary alicyclic amines) is 1. The maximum atomic E-state index is 13.1. The number of anilines is 1. The number of hydrogen-bond donors (Lipinski definition) is 1. The lowest BCUT2D eigenvalue weighted by atomic mass is 9.97. The summed E-state index contributed by atoms with van der Waals surface area (Å²) < 4.78 is 18.9. The van der Waals surface area contributed by atoms with E-state index in [4.69, 9.17) is 4.42 Å². The van der Waals surface area contributed by atoms with E-state index in [-0.39, 0.29) is 23.4 Å². The van der Waals surface area contributed by atoms with Crippen LogP contribution in [0.4, 0.5) is 10.1 Å². The van der Waals surface area contributed by atoms with Crippen LogP contribution in [0.5, 0.6) is 0 Å². The van der Waals surface area contributed by atoms with Gasteiger partial charge in [-0.3, -0.25) is 14.5 Å². The standard InChI is InChI=1S/C23H23FN4O3/c1-15(29)16-4-8-20(9-5-16)25-21(30)14-28-12-10-18(11-13-28)23-27-26-22(31-23)17-2-6-19(24)7-3-17/h2-9,18H,10-14H2,1H3,(H,25,30). The van der Waals surface area contributed by atoms with Crippen LogP contribution < -0.4 is 5.32 Å². The molecule has 7 nitrogen and oxygen atoms in total. The Balaban J connectivity index is 1.27. The van der Waals surface area contributed by atoms with Crippen LogP contribution in [0.3, 0.4) is 0 Å². The lowest BCUT2D eigenvalue weighted by molar-refractivity contribution is -0.117. The number of hydrogen-bond acceptors (Lipinski definition) is 6. The second-order valence-electron chi connectivity index (χ2n) is 7.68. The molecule has 0 unspecified atom stereocenters. The molecule has 3 aromatic rings. The van der Waals surface area contributed by atoms with Crippen molar-refractivity contribution in [2.45, 2.75) is 25.7 Å². The van der Waals surface area contributed by atoms with Gasteiger partial charge in [-0.15, -0.1) is 10.2 Å². The molecule has 1 N–H and O–H groups in total. The number of benzene rings is 2. The van der Waals surface area contributed by atoms with Crippen molar-refractivity contribution in [2.75, 3.05) is 25.0 Å². The number of carbonyl (C=O) groups is 2. The topological polar surface area (TPSA) is 88.3 Å². The molecule has 1 saturated heterocycles. The number of piperidine rings is 1. The van der Waals surface area contributed by atoms with E-state index in [9.17, 15) is 14.0 Å². The average molecular weight is 422 g/mol. The minimum Gasteiger partial charge on any atom is -0.420 e. The van der Waals surface area contributed by atoms with E-state index in [1.54, 1.807) is 36.4 Å². The number of Topliss-reactive ketones (excluding diaryl/α,β-unsaturated/α-hetero) is 1. The molecule has 1 amide bonds. The van der Waals surface area contributed by atoms with Gasteiger partial charge in [0.1, 0.15) is 5.82 Å². The number of nitrogens with zero attached hydrogens (tertiary/aromatic N) is 3. The Morgan fingerprint density at radius 1 is 1.06 bits per heavy atom. The van der Waals surface area contributed by atoms with E-state index < -0.39 is 0 Å². The molecule has 160 valence electrons. The largest absolute Gasteiger partial charge is 0.420 e. The highest BCUT2D eigenvalue weighted by Gasteiger charge is 2.26. The zero-order chi connectivity index (χ0) is 21.8. The highest BCUT2D eigenvalue weighted by molar-refractivity contribution is 5.96. The molecule has 2 aromatic carbocycles. The number of rotatable bonds is 6. The van der Waals surface area contributed by atoms with Crippen LogP contribution in [0.2, 0.25) is 0 Å². The molecule has 0 aliphatic carbocycles. The molecule has 31 heavy (non-hydrogen) atoms. The van der Waals surface area contributed by atoms with Crippen molar-refractivity contribution >= 4 is 17.4 Å². The fourth-order valence-corrected chi connectivity index (χ4v) is 3.64. The first-order valence-electron chi connectivity index (χ1n) is 10.2. The van der Waals surface area contributed by atoms with E-state index in [0.29, 0.717) is 35.1 Å². The van der Waals surface area contributed by atoms with Crippen molar-refractivity contribution in [3.63, 3.8) is 0 Å². The van der Waals surface area contributed by atoms with Crippen LogP contribution in [0.25, 0.3) is 11.5 Å². The number of nitrogens with one attached hydrogen (secondary N) is 1. The van der Waals surface area contributed by atoms with Gasteiger partial charge in [0.25, 0.3) is 0 Å². The van der Waals surface area contributed by atoms with Crippen molar-refractivity contribution < 1.29 is 18.4 Å². The number of aromatic nitrogens is 2. The monoisotopic (exact) mass is 422 g/mol. The predicted octanol–water partition coefficient (Wildman–Crippen LogP) is 3.90. The maximum Gasteiger partial charge on any atom is 0.247 e. The van der Waals surface area contributed by atoms with Crippen LogP contribution in [0.1, 0.15) is 41.9 Å². The molecule has 1 fully saturated rings. The zero-order valence-corrected chi connectivity index (χ0v) is 17.2. The third-order valence-electron chi connectivity index (χ3n) is 5.41. The Hall–Kier alpha value is -3.39. The van der Waals surface area contributed by atoms with Crippen LogP contribution >= 0.6 is 0 Å². The molecule has 8 heteroatoms. The lowest BCUT2D eigenvalue weighted by Gasteiger charge is -2.29. The zero-order valence-electron chi connectivity index (χ0n) is 17.2. The second-order valence-corrected chi connectivity index (χ2v) is 7.68. The molecular formula is C23H23FN4O3. The Bertz CT molecular complexity index is 1060. The smallest absolute Gasteiger partial charge is 0.247 e. The summed E-state index contributed by atoms with van der Waals surface area (Å²) in [6, 6.07) is 12.8. The summed E-state index contributed by atoms with van der Waals surface area (Å²) in [4.78, 5) is 25.8. The van der Waals surface area contributed by atoms with Crippen LogP contribution in [-0.2, 0) is 4.79 Å². The van der Waals surface area contributed by atoms with Crippen molar-refractivity contribution in [3.8, 4) is 11.5 Å². The molecule has 0 atom stereocenters. The molecular weight excluding hydrogens is 399 g/mol. The highest BCUT2D eigenvalue weighted by Crippen LogP contribution is 2.29. The van der Waals surface area contributed by atoms with Gasteiger partial charge in [-0.1, -0.05) is 0 Å². The van der Waals surface area contributed by atoms with Gasteiger partial charge in [-0.25, -0.2) is 4.39 Å². The molecule has 0 spiro atoms. The second kappa shape index (κ2) is 9.18. The number of amides is 1. The van der Waals surface area contributed by atoms with Crippen LogP contribution in [0, 0.1) is 5.82 Å². The van der Waals surface area contributed by atoms with Gasteiger partial charge in [0.05, 0.1) is 6.54 Å². The maximum absolute atomic E-state index is 13.1. The van der Waals surface area contributed by atoms with Crippen molar-refractivity contribution in [2.24, 2.45) is 0 Å². The molecule has 0 saturated carbocycles. The molecule has 0 radical (unpaired) electrons. The Kier molecular flexibility index (Phi) is 6.18. The summed E-state index contributed by atoms with van der Waals surface area (Å²) in [5, 5.41) is 11.1. The molecule has 1 aliphatic heterocycles. The number of halogens is 1. The first kappa shape index (κ1) is 20.9. The fraction of sp³-hybridized carbons (Fsp3) is 0.304. The molecule has 1 aromatic heterocycles. The average Bonchev–Trinajstić information content (AvgIpc) is 3.25. The van der Waals surface area contributed by atoms with Gasteiger partial charge in [0.2, 0.25) is 17.7 Å². The van der Waals surface area contributed by atoms with Crippen molar-refractivity contribution in [1.82, 2.24) is 15.1 Å². The fourth-order valence-electron chi connectivity index (χ4n) is 3.64. The van der Waals surface area contributed by atoms with Crippen LogP contribution in [0.15, 0.2) is 52.9 Å². The predicted molar refractivity (Wildman–Crippen MR) is 113 cm³/mol. The first-order chi connectivity index (χ1) is 15.0. The summed E-state index contributed by atoms with van der Waals surface area (Å²) in [5.74, 6) is 0.687. The van der Waals surface area contributed by atoms with Crippen molar-refractivity contribution in [3.05, 3.63) is 65.8 Å². The molecule has 1 aliphatic rings. The summed E-state index contributed by atoms with van der Waals surface area (Å²) in [6.45, 7) is 3.30. The highest BCUT2D eigenvalue weighted by atomic mass is 19.1. The van der Waals surface area contributed by atoms with E-state index in [1.807, 2.05) is 0 Å². The Morgan fingerprint density at radius 3 is 2.39 bits per heavy atom. The van der Waals surface area contributed by atoms with Gasteiger partial charge in [-0.2, -0.15) is 0 Å².